The van der Waals surface area contributed by atoms with Crippen molar-refractivity contribution in [2.75, 3.05) is 7.11 Å². The predicted molar refractivity (Wildman–Crippen MR) is 98.0 cm³/mol. The second-order valence-electron chi connectivity index (χ2n) is 5.83. The second-order valence-corrected chi connectivity index (χ2v) is 7.00. The zero-order valence-corrected chi connectivity index (χ0v) is 15.2. The first-order valence-corrected chi connectivity index (χ1v) is 8.99. The number of benzene rings is 2. The first-order valence-electron chi connectivity index (χ1n) is 8.11. The number of carboxylic acid groups (broad SMARTS) is 1. The van der Waals surface area contributed by atoms with Crippen LogP contribution in [0.15, 0.2) is 53.5 Å². The van der Waals surface area contributed by atoms with Crippen molar-refractivity contribution in [2.24, 2.45) is 4.99 Å². The monoisotopic (exact) mass is 387 g/mol. The zero-order chi connectivity index (χ0) is 19.4. The lowest BCUT2D eigenvalue weighted by molar-refractivity contribution is -0.304. The van der Waals surface area contributed by atoms with E-state index in [2.05, 4.69) is 4.99 Å². The van der Waals surface area contributed by atoms with E-state index in [4.69, 9.17) is 4.74 Å². The Bertz CT molecular complexity index is 868. The number of hydrogen-bond acceptors (Lipinski definition) is 6. The van der Waals surface area contributed by atoms with Crippen molar-refractivity contribution in [2.45, 2.75) is 18.2 Å². The molecule has 27 heavy (non-hydrogen) atoms. The van der Waals surface area contributed by atoms with Crippen molar-refractivity contribution in [3.8, 4) is 5.75 Å². The third-order valence-electron chi connectivity index (χ3n) is 3.95. The van der Waals surface area contributed by atoms with Gasteiger partial charge < -0.3 is 14.6 Å². The molecule has 8 heteroatoms. The number of halogens is 1. The van der Waals surface area contributed by atoms with E-state index in [9.17, 15) is 19.1 Å². The van der Waals surface area contributed by atoms with Crippen molar-refractivity contribution in [3.63, 3.8) is 0 Å². The van der Waals surface area contributed by atoms with E-state index in [1.165, 1.54) is 17.0 Å². The first-order chi connectivity index (χ1) is 13.0. The first kappa shape index (κ1) is 18.9. The summed E-state index contributed by atoms with van der Waals surface area (Å²) >= 11 is 0.966. The third-order valence-corrected chi connectivity index (χ3v) is 5.12. The number of methoxy groups -OCH3 is 1. The highest BCUT2D eigenvalue weighted by atomic mass is 32.2. The van der Waals surface area contributed by atoms with Crippen LogP contribution in [0.1, 0.15) is 12.0 Å². The van der Waals surface area contributed by atoms with Crippen molar-refractivity contribution >= 4 is 34.5 Å². The van der Waals surface area contributed by atoms with Gasteiger partial charge in [0.1, 0.15) is 11.6 Å². The molecular formula is C19H16FN2O4S-. The molecule has 0 N–H and O–H groups in total. The summed E-state index contributed by atoms with van der Waals surface area (Å²) in [5.41, 5.74) is 1.26. The largest absolute Gasteiger partial charge is 0.549 e. The molecule has 0 saturated carbocycles. The Kier molecular flexibility index (Phi) is 5.75. The lowest BCUT2D eigenvalue weighted by atomic mass is 10.2. The van der Waals surface area contributed by atoms with Crippen LogP contribution in [-0.4, -0.2) is 34.3 Å². The zero-order valence-electron chi connectivity index (χ0n) is 14.4. The molecule has 6 nitrogen and oxygen atoms in total. The molecule has 1 aliphatic rings. The Morgan fingerprint density at radius 1 is 1.26 bits per heavy atom. The van der Waals surface area contributed by atoms with Gasteiger partial charge in [-0.3, -0.25) is 9.69 Å². The van der Waals surface area contributed by atoms with Crippen molar-refractivity contribution in [3.05, 3.63) is 59.9 Å². The number of ether oxygens (including phenoxy) is 1. The standard InChI is InChI=1S/C19H17FN2O4S/c1-26-15-8-6-14(7-9-15)21-19-22(11-12-2-4-13(20)5-3-12)17(23)10-16(27-19)18(24)25/h2-9,16H,10-11H2,1H3,(H,24,25)/p-1/t16-/m0/s1. The average Bonchev–Trinajstić information content (AvgIpc) is 2.66. The molecular weight excluding hydrogens is 371 g/mol. The molecule has 1 heterocycles. The van der Waals surface area contributed by atoms with Crippen LogP contribution in [0.4, 0.5) is 10.1 Å². The van der Waals surface area contributed by atoms with Crippen LogP contribution in [-0.2, 0) is 16.1 Å². The lowest BCUT2D eigenvalue weighted by Gasteiger charge is -2.32. The topological polar surface area (TPSA) is 82.0 Å². The summed E-state index contributed by atoms with van der Waals surface area (Å²) in [7, 11) is 1.55. The SMILES string of the molecule is COc1ccc(N=C2S[C@H](C(=O)[O-])CC(=O)N2Cc2ccc(F)cc2)cc1. The molecule has 0 aromatic heterocycles. The van der Waals surface area contributed by atoms with Gasteiger partial charge in [0, 0.05) is 6.42 Å². The lowest BCUT2D eigenvalue weighted by Crippen LogP contribution is -2.47. The van der Waals surface area contributed by atoms with E-state index in [0.717, 1.165) is 11.8 Å². The average molecular weight is 387 g/mol. The highest BCUT2D eigenvalue weighted by Gasteiger charge is 2.32. The van der Waals surface area contributed by atoms with Gasteiger partial charge in [0.05, 0.1) is 30.6 Å². The third kappa shape index (κ3) is 4.65. The maximum atomic E-state index is 13.1. The van der Waals surface area contributed by atoms with Crippen LogP contribution < -0.4 is 9.84 Å². The van der Waals surface area contributed by atoms with E-state index in [1.54, 1.807) is 43.5 Å². The number of rotatable bonds is 5. The molecule has 1 amide bonds. The minimum Gasteiger partial charge on any atom is -0.549 e. The number of thioether (sulfide) groups is 1. The van der Waals surface area contributed by atoms with Crippen LogP contribution >= 0.6 is 11.8 Å². The fourth-order valence-electron chi connectivity index (χ4n) is 2.52. The Labute approximate surface area is 159 Å². The predicted octanol–water partition coefficient (Wildman–Crippen LogP) is 2.11. The normalized spacial score (nSPS) is 18.6. The molecule has 0 radical (unpaired) electrons. The number of nitrogens with zero attached hydrogens (tertiary/aromatic N) is 2. The number of amidine groups is 1. The molecule has 2 aromatic carbocycles. The van der Waals surface area contributed by atoms with Crippen LogP contribution in [0.25, 0.3) is 0 Å². The summed E-state index contributed by atoms with van der Waals surface area (Å²) < 4.78 is 18.2. The van der Waals surface area contributed by atoms with Crippen molar-refractivity contribution in [1.29, 1.82) is 0 Å². The van der Waals surface area contributed by atoms with Gasteiger partial charge >= 0.3 is 0 Å². The number of carbonyl (C=O) groups is 2. The van der Waals surface area contributed by atoms with Gasteiger partial charge in [-0.2, -0.15) is 0 Å². The Morgan fingerprint density at radius 2 is 1.93 bits per heavy atom. The minimum absolute atomic E-state index is 0.168. The van der Waals surface area contributed by atoms with Gasteiger partial charge in [0.2, 0.25) is 5.91 Å². The van der Waals surface area contributed by atoms with Crippen LogP contribution in [0.2, 0.25) is 0 Å². The van der Waals surface area contributed by atoms with E-state index in [-0.39, 0.29) is 29.9 Å². The van der Waals surface area contributed by atoms with Crippen LogP contribution in [0, 0.1) is 5.82 Å². The number of carboxylic acids is 1. The van der Waals surface area contributed by atoms with Gasteiger partial charge in [-0.05, 0) is 42.0 Å². The summed E-state index contributed by atoms with van der Waals surface area (Å²) in [6.45, 7) is 0.168. The molecule has 1 fully saturated rings. The summed E-state index contributed by atoms with van der Waals surface area (Å²) in [5, 5.41) is 10.5. The molecule has 0 unspecified atom stereocenters. The molecule has 140 valence electrons. The van der Waals surface area contributed by atoms with E-state index < -0.39 is 11.2 Å². The number of amides is 1. The van der Waals surface area contributed by atoms with Gasteiger partial charge in [-0.25, -0.2) is 9.38 Å². The fraction of sp³-hybridized carbons (Fsp3) is 0.211. The molecule has 0 spiro atoms. The second kappa shape index (κ2) is 8.22. The maximum Gasteiger partial charge on any atom is 0.230 e. The highest BCUT2D eigenvalue weighted by Crippen LogP contribution is 2.30. The van der Waals surface area contributed by atoms with E-state index >= 15 is 0 Å². The minimum atomic E-state index is -1.31. The quantitative estimate of drug-likeness (QED) is 0.785. The fourth-order valence-corrected chi connectivity index (χ4v) is 3.55. The van der Waals surface area contributed by atoms with Crippen LogP contribution in [0.5, 0.6) is 5.75 Å². The summed E-state index contributed by atoms with van der Waals surface area (Å²) in [6.07, 6.45) is -0.185. The molecule has 0 bridgehead atoms. The Hall–Kier alpha value is -2.87. The number of aliphatic carboxylic acids is 1. The van der Waals surface area contributed by atoms with Crippen LogP contribution in [0.3, 0.4) is 0 Å². The molecule has 2 aromatic rings. The number of carbonyl (C=O) groups excluding carboxylic acids is 2. The summed E-state index contributed by atoms with van der Waals surface area (Å²) in [6, 6.07) is 12.6. The van der Waals surface area contributed by atoms with Crippen molar-refractivity contribution in [1.82, 2.24) is 4.90 Å². The molecule has 0 aliphatic carbocycles. The summed E-state index contributed by atoms with van der Waals surface area (Å²) in [5.74, 6) is -1.40. The molecule has 1 aliphatic heterocycles. The van der Waals surface area contributed by atoms with E-state index in [0.29, 0.717) is 17.0 Å². The maximum absolute atomic E-state index is 13.1. The highest BCUT2D eigenvalue weighted by molar-refractivity contribution is 8.15. The van der Waals surface area contributed by atoms with Gasteiger partial charge in [-0.15, -0.1) is 0 Å². The number of hydrogen-bond donors (Lipinski definition) is 0. The van der Waals surface area contributed by atoms with E-state index in [1.807, 2.05) is 0 Å². The molecule has 1 saturated heterocycles. The number of aliphatic imine (C=N–C) groups is 1. The van der Waals surface area contributed by atoms with Crippen molar-refractivity contribution < 1.29 is 23.8 Å². The van der Waals surface area contributed by atoms with Gasteiger partial charge in [0.15, 0.2) is 5.17 Å². The Balaban J connectivity index is 1.91. The smallest absolute Gasteiger partial charge is 0.230 e. The summed E-state index contributed by atoms with van der Waals surface area (Å²) in [4.78, 5) is 29.6. The molecule has 3 rings (SSSR count). The Morgan fingerprint density at radius 3 is 2.52 bits per heavy atom. The van der Waals surface area contributed by atoms with Gasteiger partial charge in [0.25, 0.3) is 0 Å². The van der Waals surface area contributed by atoms with Gasteiger partial charge in [-0.1, -0.05) is 23.9 Å². The molecule has 1 atom stereocenters.